The molecule has 1 fully saturated rings. The largest absolute Gasteiger partial charge is 0.457 e. The van der Waals surface area contributed by atoms with E-state index in [1.807, 2.05) is 31.2 Å². The average molecular weight is 389 g/mol. The standard InChI is InChI=1S/C25H27NO3/c1-16-6-5-7-21-22(16)24(28)26(23(21)27)18-10-14-20(15-11-18)29-19-12-8-17(9-13-19)25(2,3)4/h5-6,8-16,21-22H,7H2,1-4H3/t16-,21+,22-/m1/s1. The molecule has 0 aromatic heterocycles. The number of carbonyl (C=O) groups is 2. The van der Waals surface area contributed by atoms with E-state index in [0.29, 0.717) is 17.9 Å². The second kappa shape index (κ2) is 7.18. The predicted molar refractivity (Wildman–Crippen MR) is 114 cm³/mol. The van der Waals surface area contributed by atoms with Crippen LogP contribution in [0.5, 0.6) is 11.5 Å². The Balaban J connectivity index is 1.50. The van der Waals surface area contributed by atoms with Gasteiger partial charge in [0.1, 0.15) is 11.5 Å². The molecule has 29 heavy (non-hydrogen) atoms. The fraction of sp³-hybridized carbons (Fsp3) is 0.360. The highest BCUT2D eigenvalue weighted by Crippen LogP contribution is 2.40. The fourth-order valence-electron chi connectivity index (χ4n) is 4.22. The van der Waals surface area contributed by atoms with E-state index in [0.717, 1.165) is 5.75 Å². The molecule has 0 saturated carbocycles. The number of fused-ring (bicyclic) bond motifs is 1. The van der Waals surface area contributed by atoms with Crippen LogP contribution in [-0.4, -0.2) is 11.8 Å². The Morgan fingerprint density at radius 1 is 0.897 bits per heavy atom. The lowest BCUT2D eigenvalue weighted by Gasteiger charge is -2.22. The Hall–Kier alpha value is -2.88. The first kappa shape index (κ1) is 19.4. The zero-order valence-corrected chi connectivity index (χ0v) is 17.4. The van der Waals surface area contributed by atoms with Gasteiger partial charge in [0.05, 0.1) is 17.5 Å². The van der Waals surface area contributed by atoms with E-state index in [1.54, 1.807) is 24.3 Å². The topological polar surface area (TPSA) is 46.6 Å². The molecule has 0 unspecified atom stereocenters. The van der Waals surface area contributed by atoms with Crippen molar-refractivity contribution in [3.05, 3.63) is 66.2 Å². The molecule has 1 aliphatic heterocycles. The second-order valence-corrected chi connectivity index (χ2v) is 9.04. The maximum absolute atomic E-state index is 12.9. The normalized spacial score (nSPS) is 24.0. The number of anilines is 1. The molecule has 2 amide bonds. The molecular formula is C25H27NO3. The van der Waals surface area contributed by atoms with Crippen molar-refractivity contribution >= 4 is 17.5 Å². The number of carbonyl (C=O) groups excluding carboxylic acids is 2. The lowest BCUT2D eigenvalue weighted by Crippen LogP contribution is -2.31. The van der Waals surface area contributed by atoms with Crippen LogP contribution in [0.4, 0.5) is 5.69 Å². The van der Waals surface area contributed by atoms with Crippen LogP contribution in [0.15, 0.2) is 60.7 Å². The van der Waals surface area contributed by atoms with Crippen LogP contribution in [-0.2, 0) is 15.0 Å². The van der Waals surface area contributed by atoms with Crippen molar-refractivity contribution in [2.24, 2.45) is 17.8 Å². The molecule has 1 saturated heterocycles. The van der Waals surface area contributed by atoms with Crippen molar-refractivity contribution in [3.63, 3.8) is 0 Å². The smallest absolute Gasteiger partial charge is 0.238 e. The highest BCUT2D eigenvalue weighted by Gasteiger charge is 2.50. The summed E-state index contributed by atoms with van der Waals surface area (Å²) in [5.41, 5.74) is 1.95. The van der Waals surface area contributed by atoms with Gasteiger partial charge in [0.15, 0.2) is 0 Å². The summed E-state index contributed by atoms with van der Waals surface area (Å²) in [6.07, 6.45) is 4.70. The SMILES string of the molecule is C[C@@H]1C=CC[C@@H]2C(=O)N(c3ccc(Oc4ccc(C(C)(C)C)cc4)cc3)C(=O)[C@H]12. The fourth-order valence-corrected chi connectivity index (χ4v) is 4.22. The second-order valence-electron chi connectivity index (χ2n) is 9.04. The van der Waals surface area contributed by atoms with E-state index in [1.165, 1.54) is 10.5 Å². The lowest BCUT2D eigenvalue weighted by molar-refractivity contribution is -0.122. The summed E-state index contributed by atoms with van der Waals surface area (Å²) in [6, 6.07) is 15.2. The van der Waals surface area contributed by atoms with Crippen molar-refractivity contribution in [3.8, 4) is 11.5 Å². The van der Waals surface area contributed by atoms with E-state index in [2.05, 4.69) is 32.9 Å². The first-order chi connectivity index (χ1) is 13.8. The number of imide groups is 1. The molecule has 150 valence electrons. The first-order valence-corrected chi connectivity index (χ1v) is 10.2. The van der Waals surface area contributed by atoms with Gasteiger partial charge in [-0.05, 0) is 59.7 Å². The van der Waals surface area contributed by atoms with Crippen LogP contribution >= 0.6 is 0 Å². The predicted octanol–water partition coefficient (Wildman–Crippen LogP) is 5.48. The number of nitrogens with zero attached hydrogens (tertiary/aromatic N) is 1. The van der Waals surface area contributed by atoms with E-state index in [-0.39, 0.29) is 35.0 Å². The zero-order valence-electron chi connectivity index (χ0n) is 17.4. The van der Waals surface area contributed by atoms with Crippen LogP contribution < -0.4 is 9.64 Å². The monoisotopic (exact) mass is 389 g/mol. The summed E-state index contributed by atoms with van der Waals surface area (Å²) in [4.78, 5) is 27.1. The number of amides is 2. The van der Waals surface area contributed by atoms with Gasteiger partial charge in [-0.15, -0.1) is 0 Å². The summed E-state index contributed by atoms with van der Waals surface area (Å²) in [5, 5.41) is 0. The number of rotatable bonds is 3. The van der Waals surface area contributed by atoms with Crippen molar-refractivity contribution in [1.82, 2.24) is 0 Å². The third-order valence-electron chi connectivity index (χ3n) is 5.92. The first-order valence-electron chi connectivity index (χ1n) is 10.2. The van der Waals surface area contributed by atoms with Gasteiger partial charge >= 0.3 is 0 Å². The number of allylic oxidation sites excluding steroid dienone is 2. The summed E-state index contributed by atoms with van der Waals surface area (Å²) >= 11 is 0. The van der Waals surface area contributed by atoms with Gasteiger partial charge in [-0.25, -0.2) is 0 Å². The number of hydrogen-bond acceptors (Lipinski definition) is 3. The molecule has 1 heterocycles. The average Bonchev–Trinajstić information content (AvgIpc) is 2.94. The van der Waals surface area contributed by atoms with Gasteiger partial charge in [-0.2, -0.15) is 0 Å². The summed E-state index contributed by atoms with van der Waals surface area (Å²) in [7, 11) is 0. The van der Waals surface area contributed by atoms with Crippen molar-refractivity contribution in [2.45, 2.75) is 39.5 Å². The third-order valence-corrected chi connectivity index (χ3v) is 5.92. The molecule has 2 aliphatic rings. The molecule has 0 radical (unpaired) electrons. The van der Waals surface area contributed by atoms with Gasteiger partial charge in [0.25, 0.3) is 0 Å². The van der Waals surface area contributed by atoms with Gasteiger partial charge in [-0.3, -0.25) is 14.5 Å². The van der Waals surface area contributed by atoms with Gasteiger partial charge in [0, 0.05) is 0 Å². The Morgan fingerprint density at radius 2 is 1.48 bits per heavy atom. The molecule has 2 aromatic carbocycles. The van der Waals surface area contributed by atoms with Crippen molar-refractivity contribution in [2.75, 3.05) is 4.90 Å². The minimum absolute atomic E-state index is 0.0916. The van der Waals surface area contributed by atoms with Crippen LogP contribution in [0.3, 0.4) is 0 Å². The minimum atomic E-state index is -0.246. The number of hydrogen-bond donors (Lipinski definition) is 0. The lowest BCUT2D eigenvalue weighted by atomic mass is 9.78. The minimum Gasteiger partial charge on any atom is -0.457 e. The summed E-state index contributed by atoms with van der Waals surface area (Å²) in [6.45, 7) is 8.53. The van der Waals surface area contributed by atoms with Crippen LogP contribution in [0.2, 0.25) is 0 Å². The van der Waals surface area contributed by atoms with Crippen molar-refractivity contribution in [1.29, 1.82) is 0 Å². The molecule has 2 aromatic rings. The Bertz CT molecular complexity index is 951. The Labute approximate surface area is 172 Å². The van der Waals surface area contributed by atoms with E-state index < -0.39 is 0 Å². The maximum atomic E-state index is 12.9. The van der Waals surface area contributed by atoms with Gasteiger partial charge < -0.3 is 4.74 Å². The summed E-state index contributed by atoms with van der Waals surface area (Å²) < 4.78 is 5.93. The van der Waals surface area contributed by atoms with Crippen LogP contribution in [0, 0.1) is 17.8 Å². The molecule has 4 nitrogen and oxygen atoms in total. The molecule has 4 rings (SSSR count). The Morgan fingerprint density at radius 3 is 2.03 bits per heavy atom. The highest BCUT2D eigenvalue weighted by atomic mass is 16.5. The molecule has 0 spiro atoms. The van der Waals surface area contributed by atoms with Crippen molar-refractivity contribution < 1.29 is 14.3 Å². The number of ether oxygens (including phenoxy) is 1. The Kier molecular flexibility index (Phi) is 4.81. The van der Waals surface area contributed by atoms with Gasteiger partial charge in [0.2, 0.25) is 11.8 Å². The highest BCUT2D eigenvalue weighted by molar-refractivity contribution is 6.22. The molecular weight excluding hydrogens is 362 g/mol. The third kappa shape index (κ3) is 3.59. The molecule has 0 N–H and O–H groups in total. The summed E-state index contributed by atoms with van der Waals surface area (Å²) in [5.74, 6) is 0.845. The quantitative estimate of drug-likeness (QED) is 0.516. The molecule has 4 heteroatoms. The van der Waals surface area contributed by atoms with Crippen LogP contribution in [0.25, 0.3) is 0 Å². The van der Waals surface area contributed by atoms with Gasteiger partial charge in [-0.1, -0.05) is 52.0 Å². The number of benzene rings is 2. The van der Waals surface area contributed by atoms with E-state index in [4.69, 9.17) is 4.74 Å². The van der Waals surface area contributed by atoms with E-state index in [9.17, 15) is 9.59 Å². The molecule has 3 atom stereocenters. The zero-order chi connectivity index (χ0) is 20.8. The molecule has 1 aliphatic carbocycles. The maximum Gasteiger partial charge on any atom is 0.238 e. The van der Waals surface area contributed by atoms with E-state index >= 15 is 0 Å². The van der Waals surface area contributed by atoms with Crippen LogP contribution in [0.1, 0.15) is 39.7 Å². The molecule has 0 bridgehead atoms.